The molecule has 0 bridgehead atoms. The maximum atomic E-state index is 4.30. The smallest absolute Gasteiger partial charge is 0.125 e. The van der Waals surface area contributed by atoms with Gasteiger partial charge in [0.1, 0.15) is 5.82 Å². The predicted octanol–water partition coefficient (Wildman–Crippen LogP) is 3.09. The molecule has 1 aromatic rings. The first-order valence-corrected chi connectivity index (χ1v) is 5.26. The van der Waals surface area contributed by atoms with Gasteiger partial charge in [0.15, 0.2) is 0 Å². The Morgan fingerprint density at radius 1 is 1.29 bits per heavy atom. The van der Waals surface area contributed by atoms with Crippen LogP contribution in [0.2, 0.25) is 0 Å². The van der Waals surface area contributed by atoms with Crippen molar-refractivity contribution in [2.24, 2.45) is 11.8 Å². The first-order valence-electron chi connectivity index (χ1n) is 5.26. The second kappa shape index (κ2) is 4.99. The summed E-state index contributed by atoms with van der Waals surface area (Å²) in [6.45, 7) is 9.79. The minimum atomic E-state index is 0.679. The predicted molar refractivity (Wildman–Crippen MR) is 61.5 cm³/mol. The van der Waals surface area contributed by atoms with E-state index in [1.54, 1.807) is 0 Å². The van der Waals surface area contributed by atoms with Gasteiger partial charge in [0.25, 0.3) is 0 Å². The van der Waals surface area contributed by atoms with E-state index in [0.29, 0.717) is 11.8 Å². The van der Waals surface area contributed by atoms with Crippen LogP contribution in [0.25, 0.3) is 0 Å². The van der Waals surface area contributed by atoms with Crippen LogP contribution in [-0.2, 0) is 0 Å². The Hall–Kier alpha value is -1.05. The molecule has 0 aliphatic rings. The Kier molecular flexibility index (Phi) is 3.93. The molecule has 0 aliphatic carbocycles. The van der Waals surface area contributed by atoms with Crippen LogP contribution in [0.1, 0.15) is 26.3 Å². The lowest BCUT2D eigenvalue weighted by molar-refractivity contribution is 0.439. The van der Waals surface area contributed by atoms with Gasteiger partial charge < -0.3 is 5.32 Å². The fourth-order valence-corrected chi connectivity index (χ4v) is 1.07. The van der Waals surface area contributed by atoms with Gasteiger partial charge in [0.2, 0.25) is 0 Å². The van der Waals surface area contributed by atoms with Crippen molar-refractivity contribution in [3.05, 3.63) is 23.9 Å². The van der Waals surface area contributed by atoms with Crippen LogP contribution >= 0.6 is 0 Å². The van der Waals surface area contributed by atoms with E-state index in [9.17, 15) is 0 Å². The zero-order valence-corrected chi connectivity index (χ0v) is 9.54. The third-order valence-corrected chi connectivity index (χ3v) is 2.65. The fraction of sp³-hybridized carbons (Fsp3) is 0.583. The molecule has 1 unspecified atom stereocenters. The summed E-state index contributed by atoms with van der Waals surface area (Å²) in [7, 11) is 0. The van der Waals surface area contributed by atoms with Crippen LogP contribution in [0.15, 0.2) is 18.3 Å². The molecule has 0 aromatic carbocycles. The van der Waals surface area contributed by atoms with E-state index in [2.05, 4.69) is 37.1 Å². The van der Waals surface area contributed by atoms with Crippen LogP contribution in [-0.4, -0.2) is 11.5 Å². The zero-order chi connectivity index (χ0) is 10.6. The molecule has 1 rings (SSSR count). The molecular weight excluding hydrogens is 172 g/mol. The van der Waals surface area contributed by atoms with E-state index in [1.807, 2.05) is 19.2 Å². The van der Waals surface area contributed by atoms with Crippen molar-refractivity contribution in [3.63, 3.8) is 0 Å². The second-order valence-electron chi connectivity index (χ2n) is 4.32. The van der Waals surface area contributed by atoms with Crippen molar-refractivity contribution in [1.82, 2.24) is 4.98 Å². The van der Waals surface area contributed by atoms with Gasteiger partial charge in [-0.2, -0.15) is 0 Å². The molecule has 2 nitrogen and oxygen atoms in total. The molecule has 0 spiro atoms. The molecule has 0 saturated carbocycles. The summed E-state index contributed by atoms with van der Waals surface area (Å²) in [4.78, 5) is 4.30. The van der Waals surface area contributed by atoms with Crippen molar-refractivity contribution in [2.75, 3.05) is 11.9 Å². The normalized spacial score (nSPS) is 12.9. The van der Waals surface area contributed by atoms with E-state index in [0.717, 1.165) is 12.4 Å². The summed E-state index contributed by atoms with van der Waals surface area (Å²) < 4.78 is 0. The van der Waals surface area contributed by atoms with Gasteiger partial charge >= 0.3 is 0 Å². The number of nitrogens with zero attached hydrogens (tertiary/aromatic N) is 1. The number of hydrogen-bond donors (Lipinski definition) is 1. The Labute approximate surface area is 86.8 Å². The first kappa shape index (κ1) is 11.0. The molecule has 1 aromatic heterocycles. The maximum absolute atomic E-state index is 4.30. The van der Waals surface area contributed by atoms with E-state index in [1.165, 1.54) is 5.56 Å². The molecule has 14 heavy (non-hydrogen) atoms. The number of aromatic nitrogens is 1. The van der Waals surface area contributed by atoms with Crippen LogP contribution in [0, 0.1) is 18.8 Å². The molecule has 0 amide bonds. The van der Waals surface area contributed by atoms with Gasteiger partial charge in [-0.1, -0.05) is 26.8 Å². The third kappa shape index (κ3) is 3.36. The molecular formula is C12H20N2. The van der Waals surface area contributed by atoms with Crippen LogP contribution < -0.4 is 5.32 Å². The first-order chi connectivity index (χ1) is 6.59. The molecule has 0 radical (unpaired) electrons. The fourth-order valence-electron chi connectivity index (χ4n) is 1.07. The molecule has 0 fully saturated rings. The average molecular weight is 192 g/mol. The summed E-state index contributed by atoms with van der Waals surface area (Å²) in [5.74, 6) is 2.37. The highest BCUT2D eigenvalue weighted by atomic mass is 15.0. The van der Waals surface area contributed by atoms with Gasteiger partial charge in [-0.3, -0.25) is 0 Å². The SMILES string of the molecule is Cc1ccc(NCC(C)C(C)C)nc1. The van der Waals surface area contributed by atoms with Crippen molar-refractivity contribution in [1.29, 1.82) is 0 Å². The number of pyridine rings is 1. The lowest BCUT2D eigenvalue weighted by Crippen LogP contribution is -2.16. The summed E-state index contributed by atoms with van der Waals surface area (Å²) >= 11 is 0. The monoisotopic (exact) mass is 192 g/mol. The molecule has 2 heteroatoms. The number of nitrogens with one attached hydrogen (secondary N) is 1. The van der Waals surface area contributed by atoms with Crippen LogP contribution in [0.3, 0.4) is 0 Å². The van der Waals surface area contributed by atoms with Crippen molar-refractivity contribution < 1.29 is 0 Å². The molecule has 1 atom stereocenters. The quantitative estimate of drug-likeness (QED) is 0.793. The van der Waals surface area contributed by atoms with Gasteiger partial charge in [-0.15, -0.1) is 0 Å². The highest BCUT2D eigenvalue weighted by Gasteiger charge is 2.06. The van der Waals surface area contributed by atoms with Crippen molar-refractivity contribution >= 4 is 5.82 Å². The standard InChI is InChI=1S/C12H20N2/c1-9(2)11(4)8-14-12-6-5-10(3)7-13-12/h5-7,9,11H,8H2,1-4H3,(H,13,14). The Morgan fingerprint density at radius 3 is 2.50 bits per heavy atom. The lowest BCUT2D eigenvalue weighted by atomic mass is 9.98. The lowest BCUT2D eigenvalue weighted by Gasteiger charge is -2.16. The minimum absolute atomic E-state index is 0.679. The molecule has 1 N–H and O–H groups in total. The van der Waals surface area contributed by atoms with Crippen LogP contribution in [0.5, 0.6) is 0 Å². The number of aryl methyl sites for hydroxylation is 1. The molecule has 0 saturated heterocycles. The van der Waals surface area contributed by atoms with E-state index in [4.69, 9.17) is 0 Å². The molecule has 1 heterocycles. The second-order valence-corrected chi connectivity index (χ2v) is 4.32. The number of hydrogen-bond acceptors (Lipinski definition) is 2. The summed E-state index contributed by atoms with van der Waals surface area (Å²) in [5, 5.41) is 3.34. The van der Waals surface area contributed by atoms with E-state index in [-0.39, 0.29) is 0 Å². The molecule has 0 aliphatic heterocycles. The Balaban J connectivity index is 2.42. The average Bonchev–Trinajstić information content (AvgIpc) is 2.16. The largest absolute Gasteiger partial charge is 0.370 e. The van der Waals surface area contributed by atoms with Crippen molar-refractivity contribution in [2.45, 2.75) is 27.7 Å². The third-order valence-electron chi connectivity index (χ3n) is 2.65. The topological polar surface area (TPSA) is 24.9 Å². The Morgan fingerprint density at radius 2 is 2.00 bits per heavy atom. The highest BCUT2D eigenvalue weighted by molar-refractivity contribution is 5.35. The minimum Gasteiger partial charge on any atom is -0.370 e. The Bertz CT molecular complexity index is 264. The number of anilines is 1. The van der Waals surface area contributed by atoms with Gasteiger partial charge in [0, 0.05) is 12.7 Å². The summed E-state index contributed by atoms with van der Waals surface area (Å²) in [6.07, 6.45) is 1.89. The van der Waals surface area contributed by atoms with Gasteiger partial charge in [-0.25, -0.2) is 4.98 Å². The van der Waals surface area contributed by atoms with E-state index < -0.39 is 0 Å². The van der Waals surface area contributed by atoms with Gasteiger partial charge in [0.05, 0.1) is 0 Å². The molecule has 78 valence electrons. The summed E-state index contributed by atoms with van der Waals surface area (Å²) in [6, 6.07) is 4.11. The zero-order valence-electron chi connectivity index (χ0n) is 9.54. The van der Waals surface area contributed by atoms with E-state index >= 15 is 0 Å². The highest BCUT2D eigenvalue weighted by Crippen LogP contribution is 2.11. The number of rotatable bonds is 4. The van der Waals surface area contributed by atoms with Crippen LogP contribution in [0.4, 0.5) is 5.82 Å². The van der Waals surface area contributed by atoms with Crippen molar-refractivity contribution in [3.8, 4) is 0 Å². The summed E-state index contributed by atoms with van der Waals surface area (Å²) in [5.41, 5.74) is 1.20. The van der Waals surface area contributed by atoms with Gasteiger partial charge in [-0.05, 0) is 30.4 Å². The maximum Gasteiger partial charge on any atom is 0.125 e.